The lowest BCUT2D eigenvalue weighted by Gasteiger charge is -2.35. The first-order chi connectivity index (χ1) is 13.7. The molecule has 0 bridgehead atoms. The molecule has 0 saturated heterocycles. The fourth-order valence-electron chi connectivity index (χ4n) is 4.12. The maximum Gasteiger partial charge on any atom is 0.0926 e. The Hall–Kier alpha value is -3.19. The lowest BCUT2D eigenvalue weighted by molar-refractivity contribution is 0.196. The number of pyridine rings is 1. The maximum atomic E-state index is 4.67. The SMILES string of the molecule is Cc1c(C2c3nc[nH]c3CCN2Cc2cccn2-c2cccnc2)cnn1C. The molecule has 0 aromatic carbocycles. The van der Waals surface area contributed by atoms with E-state index in [1.165, 1.54) is 22.6 Å². The number of hydrogen-bond donors (Lipinski definition) is 1. The summed E-state index contributed by atoms with van der Waals surface area (Å²) in [6.45, 7) is 3.92. The van der Waals surface area contributed by atoms with Gasteiger partial charge in [-0.2, -0.15) is 5.10 Å². The lowest BCUT2D eigenvalue weighted by Crippen LogP contribution is -2.36. The van der Waals surface area contributed by atoms with Gasteiger partial charge in [-0.3, -0.25) is 14.6 Å². The van der Waals surface area contributed by atoms with Gasteiger partial charge in [-0.25, -0.2) is 4.98 Å². The van der Waals surface area contributed by atoms with Gasteiger partial charge in [0.05, 0.1) is 36.1 Å². The molecule has 7 nitrogen and oxygen atoms in total. The van der Waals surface area contributed by atoms with Crippen molar-refractivity contribution in [1.82, 2.24) is 34.2 Å². The van der Waals surface area contributed by atoms with Crippen LogP contribution in [0.2, 0.25) is 0 Å². The number of aromatic amines is 1. The van der Waals surface area contributed by atoms with Gasteiger partial charge in [-0.15, -0.1) is 0 Å². The highest BCUT2D eigenvalue weighted by atomic mass is 15.3. The van der Waals surface area contributed by atoms with Crippen LogP contribution in [-0.2, 0) is 20.0 Å². The van der Waals surface area contributed by atoms with E-state index in [2.05, 4.69) is 60.8 Å². The number of nitrogens with one attached hydrogen (secondary N) is 1. The summed E-state index contributed by atoms with van der Waals surface area (Å²) in [5.41, 5.74) is 7.05. The third-order valence-electron chi connectivity index (χ3n) is 5.71. The van der Waals surface area contributed by atoms with E-state index in [1.54, 1.807) is 6.20 Å². The Morgan fingerprint density at radius 3 is 2.93 bits per heavy atom. The highest BCUT2D eigenvalue weighted by Gasteiger charge is 2.33. The lowest BCUT2D eigenvalue weighted by atomic mass is 9.96. The molecule has 0 radical (unpaired) electrons. The Bertz CT molecular complexity index is 1090. The number of aromatic nitrogens is 6. The van der Waals surface area contributed by atoms with Crippen molar-refractivity contribution in [3.8, 4) is 5.69 Å². The molecule has 4 aromatic rings. The monoisotopic (exact) mass is 373 g/mol. The predicted octanol–water partition coefficient (Wildman–Crippen LogP) is 2.79. The second kappa shape index (κ2) is 6.76. The second-order valence-corrected chi connectivity index (χ2v) is 7.28. The van der Waals surface area contributed by atoms with Gasteiger partial charge in [-0.05, 0) is 31.2 Å². The Morgan fingerprint density at radius 2 is 2.14 bits per heavy atom. The third kappa shape index (κ3) is 2.75. The zero-order valence-corrected chi connectivity index (χ0v) is 16.1. The summed E-state index contributed by atoms with van der Waals surface area (Å²) in [5.74, 6) is 0. The summed E-state index contributed by atoms with van der Waals surface area (Å²) >= 11 is 0. The zero-order chi connectivity index (χ0) is 19.1. The smallest absolute Gasteiger partial charge is 0.0926 e. The zero-order valence-electron chi connectivity index (χ0n) is 16.1. The summed E-state index contributed by atoms with van der Waals surface area (Å²) in [6, 6.07) is 8.43. The minimum atomic E-state index is 0.0981. The first kappa shape index (κ1) is 16.9. The first-order valence-electron chi connectivity index (χ1n) is 9.53. The third-order valence-corrected chi connectivity index (χ3v) is 5.71. The van der Waals surface area contributed by atoms with Gasteiger partial charge in [0, 0.05) is 61.6 Å². The Balaban J connectivity index is 1.53. The van der Waals surface area contributed by atoms with Crippen molar-refractivity contribution in [2.75, 3.05) is 6.54 Å². The topological polar surface area (TPSA) is 67.6 Å². The Labute approximate surface area is 163 Å². The molecule has 1 aliphatic rings. The molecule has 1 unspecified atom stereocenters. The van der Waals surface area contributed by atoms with Crippen molar-refractivity contribution < 1.29 is 0 Å². The fraction of sp³-hybridized carbons (Fsp3) is 0.286. The molecule has 142 valence electrons. The Kier molecular flexibility index (Phi) is 4.09. The number of aryl methyl sites for hydroxylation is 1. The van der Waals surface area contributed by atoms with E-state index < -0.39 is 0 Å². The van der Waals surface area contributed by atoms with Crippen molar-refractivity contribution in [1.29, 1.82) is 0 Å². The second-order valence-electron chi connectivity index (χ2n) is 7.28. The number of rotatable bonds is 4. The van der Waals surface area contributed by atoms with Crippen molar-refractivity contribution in [2.45, 2.75) is 25.9 Å². The molecule has 0 amide bonds. The van der Waals surface area contributed by atoms with E-state index in [9.17, 15) is 0 Å². The molecule has 0 spiro atoms. The van der Waals surface area contributed by atoms with Gasteiger partial charge >= 0.3 is 0 Å². The highest BCUT2D eigenvalue weighted by molar-refractivity contribution is 5.35. The summed E-state index contributed by atoms with van der Waals surface area (Å²) in [7, 11) is 1.99. The maximum absolute atomic E-state index is 4.67. The highest BCUT2D eigenvalue weighted by Crippen LogP contribution is 2.35. The van der Waals surface area contributed by atoms with Gasteiger partial charge < -0.3 is 9.55 Å². The van der Waals surface area contributed by atoms with Crippen LogP contribution in [0.3, 0.4) is 0 Å². The van der Waals surface area contributed by atoms with Gasteiger partial charge in [-0.1, -0.05) is 0 Å². The van der Waals surface area contributed by atoms with E-state index in [-0.39, 0.29) is 6.04 Å². The fourth-order valence-corrected chi connectivity index (χ4v) is 4.12. The van der Waals surface area contributed by atoms with E-state index in [0.717, 1.165) is 30.9 Å². The molecule has 1 N–H and O–H groups in total. The van der Waals surface area contributed by atoms with Crippen LogP contribution in [0.4, 0.5) is 0 Å². The van der Waals surface area contributed by atoms with Crippen LogP contribution in [0.15, 0.2) is 55.4 Å². The summed E-state index contributed by atoms with van der Waals surface area (Å²) in [6.07, 6.45) is 10.6. The van der Waals surface area contributed by atoms with E-state index in [0.29, 0.717) is 0 Å². The van der Waals surface area contributed by atoms with Crippen LogP contribution < -0.4 is 0 Å². The molecule has 5 rings (SSSR count). The van der Waals surface area contributed by atoms with Crippen molar-refractivity contribution in [2.24, 2.45) is 7.05 Å². The Morgan fingerprint density at radius 1 is 1.21 bits per heavy atom. The molecule has 28 heavy (non-hydrogen) atoms. The number of imidazole rings is 1. The number of nitrogens with zero attached hydrogens (tertiary/aromatic N) is 6. The average molecular weight is 373 g/mol. The van der Waals surface area contributed by atoms with E-state index >= 15 is 0 Å². The summed E-state index contributed by atoms with van der Waals surface area (Å²) in [5, 5.41) is 4.48. The van der Waals surface area contributed by atoms with Crippen LogP contribution in [0.5, 0.6) is 0 Å². The minimum absolute atomic E-state index is 0.0981. The predicted molar refractivity (Wildman–Crippen MR) is 106 cm³/mol. The van der Waals surface area contributed by atoms with Crippen LogP contribution in [-0.4, -0.2) is 40.7 Å². The molecule has 5 heterocycles. The molecule has 0 saturated carbocycles. The van der Waals surface area contributed by atoms with Gasteiger partial charge in [0.2, 0.25) is 0 Å². The number of fused-ring (bicyclic) bond motifs is 1. The molecular weight excluding hydrogens is 350 g/mol. The quantitative estimate of drug-likeness (QED) is 0.597. The molecule has 4 aromatic heterocycles. The molecular formula is C21H23N7. The molecule has 0 fully saturated rings. The molecule has 7 heteroatoms. The standard InChI is InChI=1S/C21H23N7/c1-15-18(12-25-26(15)2)21-20-19(23-14-24-20)7-10-27(21)13-17-6-4-9-28(17)16-5-3-8-22-11-16/h3-6,8-9,11-12,14,21H,7,10,13H2,1-2H3,(H,23,24). The van der Waals surface area contributed by atoms with Crippen molar-refractivity contribution >= 4 is 0 Å². The normalized spacial score (nSPS) is 17.0. The van der Waals surface area contributed by atoms with Crippen molar-refractivity contribution in [3.63, 3.8) is 0 Å². The van der Waals surface area contributed by atoms with Gasteiger partial charge in [0.1, 0.15) is 0 Å². The molecule has 1 atom stereocenters. The minimum Gasteiger partial charge on any atom is -0.348 e. The summed E-state index contributed by atoms with van der Waals surface area (Å²) < 4.78 is 4.15. The van der Waals surface area contributed by atoms with Gasteiger partial charge in [0.25, 0.3) is 0 Å². The largest absolute Gasteiger partial charge is 0.348 e. The summed E-state index contributed by atoms with van der Waals surface area (Å²) in [4.78, 5) is 14.8. The van der Waals surface area contributed by atoms with Crippen LogP contribution >= 0.6 is 0 Å². The number of hydrogen-bond acceptors (Lipinski definition) is 4. The van der Waals surface area contributed by atoms with Crippen LogP contribution in [0.1, 0.15) is 34.4 Å². The van der Waals surface area contributed by atoms with Gasteiger partial charge in [0.15, 0.2) is 0 Å². The van der Waals surface area contributed by atoms with E-state index in [1.807, 2.05) is 36.5 Å². The van der Waals surface area contributed by atoms with Crippen LogP contribution in [0.25, 0.3) is 5.69 Å². The average Bonchev–Trinajstić information content (AvgIpc) is 3.45. The van der Waals surface area contributed by atoms with E-state index in [4.69, 9.17) is 0 Å². The molecule has 1 aliphatic heterocycles. The van der Waals surface area contributed by atoms with Crippen LogP contribution in [0, 0.1) is 6.92 Å². The van der Waals surface area contributed by atoms with Crippen molar-refractivity contribution in [3.05, 3.63) is 83.7 Å². The molecule has 0 aliphatic carbocycles. The first-order valence-corrected chi connectivity index (χ1v) is 9.53. The number of H-pyrrole nitrogens is 1.